The van der Waals surface area contributed by atoms with Gasteiger partial charge in [0.25, 0.3) is 11.8 Å². The maximum atomic E-state index is 13.1. The summed E-state index contributed by atoms with van der Waals surface area (Å²) in [6.45, 7) is 3.92. The summed E-state index contributed by atoms with van der Waals surface area (Å²) >= 11 is 14.0. The van der Waals surface area contributed by atoms with Crippen LogP contribution in [0.2, 0.25) is 10.0 Å². The maximum absolute atomic E-state index is 13.1. The number of thioether (sulfide) groups is 1. The molecule has 2 aliphatic heterocycles. The van der Waals surface area contributed by atoms with Gasteiger partial charge in [-0.05, 0) is 43.7 Å². The molecule has 0 saturated carbocycles. The fourth-order valence-electron chi connectivity index (χ4n) is 3.83. The van der Waals surface area contributed by atoms with E-state index in [4.69, 9.17) is 23.2 Å². The zero-order valence-electron chi connectivity index (χ0n) is 17.1. The van der Waals surface area contributed by atoms with Gasteiger partial charge in [0.05, 0.1) is 32.7 Å². The molecule has 3 aromatic rings. The molecule has 0 spiro atoms. The molecule has 2 aromatic carbocycles. The van der Waals surface area contributed by atoms with Crippen molar-refractivity contribution in [3.05, 3.63) is 69.3 Å². The molecule has 10 heteroatoms. The molecular weight excluding hydrogens is 469 g/mol. The molecule has 2 amide bonds. The van der Waals surface area contributed by atoms with Gasteiger partial charge in [-0.2, -0.15) is 0 Å². The van der Waals surface area contributed by atoms with Crippen LogP contribution < -0.4 is 15.5 Å². The Morgan fingerprint density at radius 1 is 1.12 bits per heavy atom. The first kappa shape index (κ1) is 21.1. The largest absolute Gasteiger partial charge is 0.343 e. The third-order valence-corrected chi connectivity index (χ3v) is 6.97. The number of halogens is 2. The van der Waals surface area contributed by atoms with Gasteiger partial charge < -0.3 is 10.6 Å². The number of para-hydroxylation sites is 1. The minimum atomic E-state index is -0.402. The van der Waals surface area contributed by atoms with E-state index in [1.807, 2.05) is 26.0 Å². The lowest BCUT2D eigenvalue weighted by Gasteiger charge is -2.28. The van der Waals surface area contributed by atoms with Crippen molar-refractivity contribution in [3.63, 3.8) is 0 Å². The Bertz CT molecular complexity index is 1280. The molecule has 32 heavy (non-hydrogen) atoms. The smallest absolute Gasteiger partial charge is 0.263 e. The Balaban J connectivity index is 1.41. The van der Waals surface area contributed by atoms with E-state index in [-0.39, 0.29) is 11.8 Å². The molecular formula is C22H17Cl2N5O2S. The Labute approximate surface area is 198 Å². The molecule has 0 saturated heterocycles. The standard InChI is InChI=1S/C22H17Cl2N5O2S/c1-22(2)14-7-6-11(8-12(14)18(30)28-22)26-21-25-9-13-19(27-21)32-10-29(20(13)31)17-15(23)4-3-5-16(17)24/h3-9H,10H2,1-2H3,(H,28,30)(H,25,26,27). The van der Waals surface area contributed by atoms with Crippen LogP contribution in [0.25, 0.3) is 0 Å². The van der Waals surface area contributed by atoms with Gasteiger partial charge in [-0.3, -0.25) is 14.5 Å². The van der Waals surface area contributed by atoms with Crippen LogP contribution in [-0.4, -0.2) is 27.7 Å². The second kappa shape index (κ2) is 7.65. The number of anilines is 3. The predicted molar refractivity (Wildman–Crippen MR) is 126 cm³/mol. The Kier molecular flexibility index (Phi) is 5.03. The minimum absolute atomic E-state index is 0.112. The highest BCUT2D eigenvalue weighted by Gasteiger charge is 2.35. The van der Waals surface area contributed by atoms with Gasteiger partial charge in [0.1, 0.15) is 5.03 Å². The zero-order valence-corrected chi connectivity index (χ0v) is 19.4. The molecule has 0 bridgehead atoms. The van der Waals surface area contributed by atoms with Gasteiger partial charge in [0.2, 0.25) is 5.95 Å². The van der Waals surface area contributed by atoms with Crippen LogP contribution in [0, 0.1) is 0 Å². The number of amides is 2. The summed E-state index contributed by atoms with van der Waals surface area (Å²) in [5.41, 5.74) is 2.70. The van der Waals surface area contributed by atoms with Crippen molar-refractivity contribution in [3.8, 4) is 0 Å². The van der Waals surface area contributed by atoms with Crippen LogP contribution >= 0.6 is 35.0 Å². The first-order valence-corrected chi connectivity index (χ1v) is 11.5. The van der Waals surface area contributed by atoms with E-state index in [0.717, 1.165) is 5.56 Å². The minimum Gasteiger partial charge on any atom is -0.343 e. The van der Waals surface area contributed by atoms with Crippen molar-refractivity contribution in [2.75, 3.05) is 16.1 Å². The number of carbonyl (C=O) groups is 2. The van der Waals surface area contributed by atoms with Crippen LogP contribution in [0.3, 0.4) is 0 Å². The molecule has 162 valence electrons. The normalized spacial score (nSPS) is 16.4. The first-order valence-electron chi connectivity index (χ1n) is 9.74. The average molecular weight is 486 g/mol. The van der Waals surface area contributed by atoms with E-state index < -0.39 is 5.54 Å². The molecule has 2 N–H and O–H groups in total. The summed E-state index contributed by atoms with van der Waals surface area (Å²) in [5.74, 6) is 0.280. The lowest BCUT2D eigenvalue weighted by Crippen LogP contribution is -2.35. The van der Waals surface area contributed by atoms with Crippen molar-refractivity contribution < 1.29 is 9.59 Å². The Morgan fingerprint density at radius 3 is 2.62 bits per heavy atom. The molecule has 0 unspecified atom stereocenters. The van der Waals surface area contributed by atoms with E-state index in [0.29, 0.717) is 49.4 Å². The topological polar surface area (TPSA) is 87.2 Å². The average Bonchev–Trinajstić information content (AvgIpc) is 2.97. The maximum Gasteiger partial charge on any atom is 0.263 e. The van der Waals surface area contributed by atoms with Crippen molar-refractivity contribution in [1.82, 2.24) is 15.3 Å². The summed E-state index contributed by atoms with van der Waals surface area (Å²) in [5, 5.41) is 7.45. The van der Waals surface area contributed by atoms with E-state index in [2.05, 4.69) is 20.6 Å². The number of carbonyl (C=O) groups excluding carboxylic acids is 2. The van der Waals surface area contributed by atoms with Gasteiger partial charge in [-0.25, -0.2) is 9.97 Å². The van der Waals surface area contributed by atoms with Crippen molar-refractivity contribution in [2.24, 2.45) is 0 Å². The molecule has 1 aromatic heterocycles. The second-order valence-corrected chi connectivity index (χ2v) is 9.70. The van der Waals surface area contributed by atoms with E-state index in [1.165, 1.54) is 22.9 Å². The van der Waals surface area contributed by atoms with Crippen LogP contribution in [0.5, 0.6) is 0 Å². The number of rotatable bonds is 3. The summed E-state index contributed by atoms with van der Waals surface area (Å²) in [7, 11) is 0. The highest BCUT2D eigenvalue weighted by molar-refractivity contribution is 7.99. The quantitative estimate of drug-likeness (QED) is 0.494. The Morgan fingerprint density at radius 2 is 1.88 bits per heavy atom. The third-order valence-electron chi connectivity index (χ3n) is 5.39. The fourth-order valence-corrected chi connectivity index (χ4v) is 5.37. The predicted octanol–water partition coefficient (Wildman–Crippen LogP) is 5.22. The monoisotopic (exact) mass is 485 g/mol. The number of nitrogens with zero attached hydrogens (tertiary/aromatic N) is 3. The summed E-state index contributed by atoms with van der Waals surface area (Å²) in [4.78, 5) is 35.7. The van der Waals surface area contributed by atoms with Crippen LogP contribution in [0.4, 0.5) is 17.3 Å². The number of benzene rings is 2. The van der Waals surface area contributed by atoms with E-state index >= 15 is 0 Å². The van der Waals surface area contributed by atoms with Gasteiger partial charge in [0.15, 0.2) is 0 Å². The van der Waals surface area contributed by atoms with Crippen molar-refractivity contribution >= 4 is 64.1 Å². The number of fused-ring (bicyclic) bond motifs is 2. The Hall–Kier alpha value is -2.81. The molecule has 0 radical (unpaired) electrons. The van der Waals surface area contributed by atoms with E-state index in [1.54, 1.807) is 24.3 Å². The van der Waals surface area contributed by atoms with E-state index in [9.17, 15) is 9.59 Å². The molecule has 3 heterocycles. The molecule has 2 aliphatic rings. The molecule has 7 nitrogen and oxygen atoms in total. The SMILES string of the molecule is CC1(C)NC(=O)c2cc(Nc3ncc4c(n3)SCN(c3c(Cl)cccc3Cl)C4=O)ccc21. The second-order valence-electron chi connectivity index (χ2n) is 7.95. The summed E-state index contributed by atoms with van der Waals surface area (Å²) in [6, 6.07) is 10.7. The van der Waals surface area contributed by atoms with Gasteiger partial charge in [0, 0.05) is 17.4 Å². The number of aromatic nitrogens is 2. The molecule has 0 aliphatic carbocycles. The van der Waals surface area contributed by atoms with Crippen molar-refractivity contribution in [2.45, 2.75) is 24.4 Å². The van der Waals surface area contributed by atoms with Crippen LogP contribution in [0.1, 0.15) is 40.1 Å². The van der Waals surface area contributed by atoms with Crippen LogP contribution in [0.15, 0.2) is 47.6 Å². The molecule has 5 rings (SSSR count). The summed E-state index contributed by atoms with van der Waals surface area (Å²) in [6.07, 6.45) is 1.49. The van der Waals surface area contributed by atoms with Gasteiger partial charge >= 0.3 is 0 Å². The van der Waals surface area contributed by atoms with Crippen molar-refractivity contribution in [1.29, 1.82) is 0 Å². The highest BCUT2D eigenvalue weighted by Crippen LogP contribution is 2.39. The number of hydrogen-bond acceptors (Lipinski definition) is 6. The van der Waals surface area contributed by atoms with Gasteiger partial charge in [-0.15, -0.1) is 0 Å². The lowest BCUT2D eigenvalue weighted by atomic mass is 9.94. The lowest BCUT2D eigenvalue weighted by molar-refractivity contribution is 0.0938. The summed E-state index contributed by atoms with van der Waals surface area (Å²) < 4.78 is 0. The highest BCUT2D eigenvalue weighted by atomic mass is 35.5. The third kappa shape index (κ3) is 3.48. The molecule has 0 atom stereocenters. The zero-order chi connectivity index (χ0) is 22.6. The van der Waals surface area contributed by atoms with Gasteiger partial charge in [-0.1, -0.05) is 47.1 Å². The van der Waals surface area contributed by atoms with Crippen LogP contribution in [-0.2, 0) is 5.54 Å². The first-order chi connectivity index (χ1) is 15.2. The molecule has 0 fully saturated rings. The fraction of sp³-hybridized carbons (Fsp3) is 0.182. The number of hydrogen-bond donors (Lipinski definition) is 2. The number of nitrogens with one attached hydrogen (secondary N) is 2.